The molecule has 0 radical (unpaired) electrons. The summed E-state index contributed by atoms with van der Waals surface area (Å²) < 4.78 is 40.7. The number of carbonyl (C=O) groups excluding carboxylic acids is 1. The van der Waals surface area contributed by atoms with Crippen LogP contribution in [0, 0.1) is 6.92 Å². The molecular weight excluding hydrogens is 396 g/mol. The van der Waals surface area contributed by atoms with Crippen molar-refractivity contribution in [2.45, 2.75) is 11.8 Å². The van der Waals surface area contributed by atoms with Gasteiger partial charge in [-0.05, 0) is 42.8 Å². The maximum atomic E-state index is 12.3. The third kappa shape index (κ3) is 4.82. The molecule has 1 aliphatic rings. The maximum Gasteiger partial charge on any atom is 0.272 e. The molecule has 0 aromatic heterocycles. The molecule has 0 unspecified atom stereocenters. The predicted molar refractivity (Wildman–Crippen MR) is 97.6 cm³/mol. The van der Waals surface area contributed by atoms with Gasteiger partial charge in [-0.25, -0.2) is 8.42 Å². The van der Waals surface area contributed by atoms with Crippen molar-refractivity contribution in [3.05, 3.63) is 47.0 Å². The predicted octanol–water partition coefficient (Wildman–Crippen LogP) is 1.81. The van der Waals surface area contributed by atoms with Crippen LogP contribution in [0.25, 0.3) is 0 Å². The fourth-order valence-electron chi connectivity index (χ4n) is 2.33. The minimum Gasteiger partial charge on any atom is -0.486 e. The van der Waals surface area contributed by atoms with Crippen molar-refractivity contribution in [2.75, 3.05) is 19.8 Å². The Hall–Kier alpha value is -2.49. The lowest BCUT2D eigenvalue weighted by Crippen LogP contribution is -2.43. The second-order valence-corrected chi connectivity index (χ2v) is 7.78. The molecular formula is C17H17ClN2O6S. The molecule has 8 nitrogen and oxygen atoms in total. The Labute approximate surface area is 161 Å². The van der Waals surface area contributed by atoms with Crippen molar-refractivity contribution in [1.29, 1.82) is 0 Å². The van der Waals surface area contributed by atoms with Crippen molar-refractivity contribution < 1.29 is 27.4 Å². The van der Waals surface area contributed by atoms with Gasteiger partial charge < -0.3 is 14.2 Å². The molecule has 2 aromatic carbocycles. The molecule has 10 heteroatoms. The topological polar surface area (TPSA) is 103 Å². The summed E-state index contributed by atoms with van der Waals surface area (Å²) >= 11 is 5.85. The number of rotatable bonds is 6. The van der Waals surface area contributed by atoms with Gasteiger partial charge in [0.05, 0.1) is 4.90 Å². The van der Waals surface area contributed by atoms with Crippen LogP contribution in [0.2, 0.25) is 5.02 Å². The minimum absolute atomic E-state index is 0.0680. The lowest BCUT2D eigenvalue weighted by atomic mass is 10.2. The highest BCUT2D eigenvalue weighted by molar-refractivity contribution is 7.89. The zero-order valence-electron chi connectivity index (χ0n) is 14.3. The van der Waals surface area contributed by atoms with Crippen LogP contribution in [-0.2, 0) is 14.8 Å². The largest absolute Gasteiger partial charge is 0.486 e. The first-order valence-electron chi connectivity index (χ1n) is 7.94. The van der Waals surface area contributed by atoms with Crippen molar-refractivity contribution in [3.8, 4) is 17.2 Å². The Bertz CT molecular complexity index is 964. The highest BCUT2D eigenvalue weighted by atomic mass is 35.5. The number of hydrazine groups is 1. The quantitative estimate of drug-likeness (QED) is 0.701. The van der Waals surface area contributed by atoms with E-state index in [1.54, 1.807) is 25.1 Å². The lowest BCUT2D eigenvalue weighted by Gasteiger charge is -2.19. The maximum absolute atomic E-state index is 12.3. The number of nitrogens with one attached hydrogen (secondary N) is 2. The van der Waals surface area contributed by atoms with Crippen LogP contribution in [0.1, 0.15) is 5.56 Å². The number of hydrogen-bond donors (Lipinski definition) is 2. The summed E-state index contributed by atoms with van der Waals surface area (Å²) in [5.41, 5.74) is 2.86. The monoisotopic (exact) mass is 412 g/mol. The molecule has 0 saturated carbocycles. The molecule has 0 bridgehead atoms. The summed E-state index contributed by atoms with van der Waals surface area (Å²) in [4.78, 5) is 13.8. The third-order valence-electron chi connectivity index (χ3n) is 3.64. The van der Waals surface area contributed by atoms with Gasteiger partial charge in [-0.3, -0.25) is 10.2 Å². The third-order valence-corrected chi connectivity index (χ3v) is 5.12. The van der Waals surface area contributed by atoms with E-state index >= 15 is 0 Å². The fraction of sp³-hybridized carbons (Fsp3) is 0.235. The molecule has 0 saturated heterocycles. The summed E-state index contributed by atoms with van der Waals surface area (Å²) in [5, 5.41) is 0.552. The summed E-state index contributed by atoms with van der Waals surface area (Å²) in [6.45, 7) is 2.15. The number of amides is 1. The molecule has 1 amide bonds. The van der Waals surface area contributed by atoms with Gasteiger partial charge in [-0.2, -0.15) is 0 Å². The number of ether oxygens (including phenoxy) is 3. The molecule has 0 spiro atoms. The van der Waals surface area contributed by atoms with Crippen LogP contribution < -0.4 is 24.5 Å². The average Bonchev–Trinajstić information content (AvgIpc) is 2.65. The number of sulfonamides is 1. The first kappa shape index (κ1) is 19.3. The molecule has 0 aliphatic carbocycles. The smallest absolute Gasteiger partial charge is 0.272 e. The number of aryl methyl sites for hydroxylation is 1. The summed E-state index contributed by atoms with van der Waals surface area (Å²) in [7, 11) is -3.98. The molecule has 0 fully saturated rings. The second-order valence-electron chi connectivity index (χ2n) is 5.66. The first-order valence-corrected chi connectivity index (χ1v) is 9.80. The summed E-state index contributed by atoms with van der Waals surface area (Å²) in [5.74, 6) is 0.614. The normalized spacial score (nSPS) is 13.1. The van der Waals surface area contributed by atoms with Crippen LogP contribution in [0.15, 0.2) is 41.3 Å². The van der Waals surface area contributed by atoms with E-state index in [1.165, 1.54) is 18.2 Å². The number of fused-ring (bicyclic) bond motifs is 1. The van der Waals surface area contributed by atoms with Gasteiger partial charge >= 0.3 is 0 Å². The molecule has 2 N–H and O–H groups in total. The second kappa shape index (κ2) is 8.03. The highest BCUT2D eigenvalue weighted by Crippen LogP contribution is 2.32. The standard InChI is InChI=1S/C17H17ClN2O6S/c1-11-8-12(18)2-4-14(11)26-10-17(21)19-20-27(22,23)13-3-5-15-16(9-13)25-7-6-24-15/h2-5,8-9,20H,6-7,10H2,1H3,(H,19,21). The Morgan fingerprint density at radius 2 is 1.89 bits per heavy atom. The van der Waals surface area contributed by atoms with Crippen molar-refractivity contribution >= 4 is 27.5 Å². The van der Waals surface area contributed by atoms with Crippen LogP contribution >= 0.6 is 11.6 Å². The van der Waals surface area contributed by atoms with Crippen molar-refractivity contribution in [2.24, 2.45) is 0 Å². The lowest BCUT2D eigenvalue weighted by molar-refractivity contribution is -0.123. The molecule has 2 aromatic rings. The molecule has 0 atom stereocenters. The van der Waals surface area contributed by atoms with Gasteiger partial charge in [0.1, 0.15) is 19.0 Å². The first-order chi connectivity index (χ1) is 12.8. The molecule has 1 heterocycles. The zero-order chi connectivity index (χ0) is 19.4. The van der Waals surface area contributed by atoms with Crippen LogP contribution in [0.3, 0.4) is 0 Å². The molecule has 144 valence electrons. The van der Waals surface area contributed by atoms with Crippen LogP contribution in [0.5, 0.6) is 17.2 Å². The summed E-state index contributed by atoms with van der Waals surface area (Å²) in [6, 6.07) is 9.14. The van der Waals surface area contributed by atoms with Crippen LogP contribution in [-0.4, -0.2) is 34.1 Å². The Morgan fingerprint density at radius 3 is 2.63 bits per heavy atom. The van der Waals surface area contributed by atoms with Gasteiger partial charge in [0.2, 0.25) is 0 Å². The fourth-order valence-corrected chi connectivity index (χ4v) is 3.43. The SMILES string of the molecule is Cc1cc(Cl)ccc1OCC(=O)NNS(=O)(=O)c1ccc2c(c1)OCCO2. The highest BCUT2D eigenvalue weighted by Gasteiger charge is 2.20. The molecule has 27 heavy (non-hydrogen) atoms. The van der Waals surface area contributed by atoms with Crippen LogP contribution in [0.4, 0.5) is 0 Å². The van der Waals surface area contributed by atoms with E-state index < -0.39 is 15.9 Å². The Balaban J connectivity index is 1.57. The van der Waals surface area contributed by atoms with Gasteiger partial charge in [0, 0.05) is 11.1 Å². The number of carbonyl (C=O) groups is 1. The Kier molecular flexibility index (Phi) is 5.73. The van der Waals surface area contributed by atoms with Crippen molar-refractivity contribution in [1.82, 2.24) is 10.3 Å². The zero-order valence-corrected chi connectivity index (χ0v) is 15.9. The van der Waals surface area contributed by atoms with E-state index in [1.807, 2.05) is 4.83 Å². The summed E-state index contributed by atoms with van der Waals surface area (Å²) in [6.07, 6.45) is 0. The van der Waals surface area contributed by atoms with E-state index in [9.17, 15) is 13.2 Å². The van der Waals surface area contributed by atoms with E-state index in [2.05, 4.69) is 5.43 Å². The average molecular weight is 413 g/mol. The minimum atomic E-state index is -3.98. The number of benzene rings is 2. The van der Waals surface area contributed by atoms with Gasteiger partial charge in [-0.1, -0.05) is 11.6 Å². The number of halogens is 1. The van der Waals surface area contributed by atoms with Gasteiger partial charge in [0.25, 0.3) is 15.9 Å². The van der Waals surface area contributed by atoms with Crippen molar-refractivity contribution in [3.63, 3.8) is 0 Å². The Morgan fingerprint density at radius 1 is 1.15 bits per heavy atom. The van der Waals surface area contributed by atoms with E-state index in [-0.39, 0.29) is 11.5 Å². The van der Waals surface area contributed by atoms with Gasteiger partial charge in [0.15, 0.2) is 18.1 Å². The van der Waals surface area contributed by atoms with Gasteiger partial charge in [-0.15, -0.1) is 4.83 Å². The van der Waals surface area contributed by atoms with E-state index in [4.69, 9.17) is 25.8 Å². The number of hydrogen-bond acceptors (Lipinski definition) is 6. The molecule has 3 rings (SSSR count). The van der Waals surface area contributed by atoms with E-state index in [0.29, 0.717) is 35.5 Å². The molecule has 1 aliphatic heterocycles. The van der Waals surface area contributed by atoms with E-state index in [0.717, 1.165) is 5.56 Å².